The predicted octanol–water partition coefficient (Wildman–Crippen LogP) is 4.93. The van der Waals surface area contributed by atoms with Crippen LogP contribution in [0.4, 0.5) is 0 Å². The average Bonchev–Trinajstić information content (AvgIpc) is 3.51. The number of benzene rings is 3. The smallest absolute Gasteiger partial charge is 0.292 e. The first-order valence-corrected chi connectivity index (χ1v) is 14.5. The van der Waals surface area contributed by atoms with E-state index in [1.54, 1.807) is 47.3 Å². The van der Waals surface area contributed by atoms with Crippen LogP contribution in [0.3, 0.4) is 0 Å². The molecule has 2 atom stereocenters. The molecule has 1 aliphatic heterocycles. The number of ether oxygens (including phenoxy) is 1. The van der Waals surface area contributed by atoms with E-state index in [4.69, 9.17) is 16.3 Å². The van der Waals surface area contributed by atoms with Gasteiger partial charge >= 0.3 is 0 Å². The molecule has 0 spiro atoms. The number of aryl methyl sites for hydroxylation is 1. The lowest BCUT2D eigenvalue weighted by molar-refractivity contribution is -0.118. The number of aromatic nitrogens is 2. The maximum atomic E-state index is 13.3. The van der Waals surface area contributed by atoms with Crippen molar-refractivity contribution in [2.75, 3.05) is 19.6 Å². The topological polar surface area (TPSA) is 96.7 Å². The third-order valence-corrected chi connectivity index (χ3v) is 8.18. The first-order chi connectivity index (χ1) is 19.9. The fourth-order valence-electron chi connectivity index (χ4n) is 5.39. The summed E-state index contributed by atoms with van der Waals surface area (Å²) in [6, 6.07) is 17.5. The zero-order valence-electron chi connectivity index (χ0n) is 22.9. The molecule has 3 aromatic carbocycles. The van der Waals surface area contributed by atoms with Crippen molar-refractivity contribution in [3.05, 3.63) is 83.0 Å². The number of halogens is 1. The molecule has 0 bridgehead atoms. The van der Waals surface area contributed by atoms with Crippen molar-refractivity contribution >= 4 is 34.2 Å². The molecule has 1 aliphatic carbocycles. The van der Waals surface area contributed by atoms with E-state index >= 15 is 0 Å². The standard InChI is InChI=1S/C32H33ClN4O4/c1-36-28-17-21(7-8-24(28)18-34-36)20-5-4-6-22(15-20)31(39)32(40)35-27(19-37-13-2-3-14-37)30(38)23-9-12-29(26(33)16-23)41-25-10-11-25/h4-9,12,15-18,25,27,30,38H,2-3,10-11,13-14,19H2,1H3,(H,35,40). The minimum Gasteiger partial charge on any atom is -0.489 e. The molecule has 2 unspecified atom stereocenters. The number of likely N-dealkylation sites (tertiary alicyclic amines) is 1. The van der Waals surface area contributed by atoms with Crippen LogP contribution >= 0.6 is 11.6 Å². The van der Waals surface area contributed by atoms with E-state index in [-0.39, 0.29) is 11.7 Å². The van der Waals surface area contributed by atoms with Gasteiger partial charge in [0.15, 0.2) is 0 Å². The highest BCUT2D eigenvalue weighted by molar-refractivity contribution is 6.43. The summed E-state index contributed by atoms with van der Waals surface area (Å²) >= 11 is 6.46. The van der Waals surface area contributed by atoms with Crippen molar-refractivity contribution in [2.24, 2.45) is 7.05 Å². The molecule has 8 nitrogen and oxygen atoms in total. The number of carbonyl (C=O) groups is 2. The largest absolute Gasteiger partial charge is 0.489 e. The molecule has 4 aromatic rings. The zero-order valence-corrected chi connectivity index (χ0v) is 23.7. The summed E-state index contributed by atoms with van der Waals surface area (Å²) in [7, 11) is 1.88. The van der Waals surface area contributed by atoms with Gasteiger partial charge in [0, 0.05) is 24.5 Å². The highest BCUT2D eigenvalue weighted by atomic mass is 35.5. The Balaban J connectivity index is 1.20. The molecule has 1 amide bonds. The van der Waals surface area contributed by atoms with Crippen LogP contribution in [0, 0.1) is 0 Å². The van der Waals surface area contributed by atoms with Crippen molar-refractivity contribution < 1.29 is 19.4 Å². The molecule has 2 fully saturated rings. The van der Waals surface area contributed by atoms with Crippen molar-refractivity contribution in [3.8, 4) is 16.9 Å². The average molecular weight is 573 g/mol. The quantitative estimate of drug-likeness (QED) is 0.207. The summed E-state index contributed by atoms with van der Waals surface area (Å²) in [5, 5.41) is 19.9. The van der Waals surface area contributed by atoms with Crippen LogP contribution < -0.4 is 10.1 Å². The number of Topliss-reactive ketones (excluding diaryl/α,β-unsaturated/α-hetero) is 1. The number of ketones is 1. The fourth-order valence-corrected chi connectivity index (χ4v) is 5.62. The molecule has 9 heteroatoms. The SMILES string of the molecule is Cn1ncc2ccc(-c3cccc(C(=O)C(=O)NC(CN4CCCC4)C(O)c4ccc(OC5CC5)c(Cl)c4)c3)cc21. The van der Waals surface area contributed by atoms with Gasteiger partial charge in [0.1, 0.15) is 11.9 Å². The van der Waals surface area contributed by atoms with Gasteiger partial charge in [-0.25, -0.2) is 0 Å². The van der Waals surface area contributed by atoms with Crippen molar-refractivity contribution in [3.63, 3.8) is 0 Å². The molecule has 2 heterocycles. The molecule has 1 saturated heterocycles. The van der Waals surface area contributed by atoms with Gasteiger partial charge in [-0.2, -0.15) is 5.10 Å². The first kappa shape index (κ1) is 27.4. The van der Waals surface area contributed by atoms with Crippen molar-refractivity contribution in [1.82, 2.24) is 20.0 Å². The number of fused-ring (bicyclic) bond motifs is 1. The van der Waals surface area contributed by atoms with Gasteiger partial charge in [0.05, 0.1) is 28.9 Å². The summed E-state index contributed by atoms with van der Waals surface area (Å²) in [5.41, 5.74) is 3.56. The van der Waals surface area contributed by atoms with Crippen molar-refractivity contribution in [2.45, 2.75) is 43.9 Å². The van der Waals surface area contributed by atoms with E-state index < -0.39 is 23.8 Å². The Morgan fingerprint density at radius 1 is 1.07 bits per heavy atom. The van der Waals surface area contributed by atoms with Gasteiger partial charge < -0.3 is 20.1 Å². The van der Waals surface area contributed by atoms with Gasteiger partial charge in [-0.15, -0.1) is 0 Å². The fraction of sp³-hybridized carbons (Fsp3) is 0.344. The molecular formula is C32H33ClN4O4. The number of nitrogens with zero attached hydrogens (tertiary/aromatic N) is 3. The Morgan fingerprint density at radius 2 is 1.85 bits per heavy atom. The highest BCUT2D eigenvalue weighted by Gasteiger charge is 2.30. The monoisotopic (exact) mass is 572 g/mol. The van der Waals surface area contributed by atoms with Crippen LogP contribution in [0.1, 0.15) is 47.7 Å². The minimum atomic E-state index is -1.06. The van der Waals surface area contributed by atoms with Crippen LogP contribution in [0.15, 0.2) is 66.9 Å². The van der Waals surface area contributed by atoms with E-state index in [2.05, 4.69) is 15.3 Å². The van der Waals surface area contributed by atoms with Gasteiger partial charge in [0.2, 0.25) is 5.78 Å². The Labute approximate surface area is 243 Å². The molecule has 1 aromatic heterocycles. The Hall–Kier alpha value is -3.72. The third-order valence-electron chi connectivity index (χ3n) is 7.88. The van der Waals surface area contributed by atoms with E-state index in [1.807, 2.05) is 31.3 Å². The van der Waals surface area contributed by atoms with Crippen LogP contribution in [0.25, 0.3) is 22.0 Å². The lowest BCUT2D eigenvalue weighted by atomic mass is 9.99. The second kappa shape index (κ2) is 11.6. The molecule has 2 N–H and O–H groups in total. The minimum absolute atomic E-state index is 0.202. The number of rotatable bonds is 10. The molecule has 212 valence electrons. The lowest BCUT2D eigenvalue weighted by Crippen LogP contribution is -2.48. The summed E-state index contributed by atoms with van der Waals surface area (Å²) in [6.45, 7) is 2.18. The molecule has 6 rings (SSSR count). The summed E-state index contributed by atoms with van der Waals surface area (Å²) in [6.07, 6.45) is 5.10. The summed E-state index contributed by atoms with van der Waals surface area (Å²) < 4.78 is 7.63. The molecule has 0 radical (unpaired) electrons. The van der Waals surface area contributed by atoms with Crippen LogP contribution in [0.5, 0.6) is 5.75 Å². The van der Waals surface area contributed by atoms with E-state index in [0.717, 1.165) is 60.8 Å². The van der Waals surface area contributed by atoms with Gasteiger partial charge in [-0.3, -0.25) is 14.3 Å². The number of hydrogen-bond donors (Lipinski definition) is 2. The number of carbonyl (C=O) groups excluding carboxylic acids is 2. The second-order valence-corrected chi connectivity index (χ2v) is 11.4. The van der Waals surface area contributed by atoms with Crippen LogP contribution in [0.2, 0.25) is 5.02 Å². The van der Waals surface area contributed by atoms with Crippen LogP contribution in [-0.2, 0) is 11.8 Å². The van der Waals surface area contributed by atoms with E-state index in [9.17, 15) is 14.7 Å². The van der Waals surface area contributed by atoms with Crippen LogP contribution in [-0.4, -0.2) is 63.3 Å². The second-order valence-electron chi connectivity index (χ2n) is 11.0. The number of aliphatic hydroxyl groups excluding tert-OH is 1. The number of nitrogens with one attached hydrogen (secondary N) is 1. The normalized spacial score (nSPS) is 17.0. The Bertz CT molecular complexity index is 1590. The number of amides is 1. The predicted molar refractivity (Wildman–Crippen MR) is 158 cm³/mol. The maximum Gasteiger partial charge on any atom is 0.292 e. The summed E-state index contributed by atoms with van der Waals surface area (Å²) in [5.74, 6) is -0.826. The molecule has 41 heavy (non-hydrogen) atoms. The molecule has 1 saturated carbocycles. The Kier molecular flexibility index (Phi) is 7.79. The Morgan fingerprint density at radius 3 is 2.61 bits per heavy atom. The summed E-state index contributed by atoms with van der Waals surface area (Å²) in [4.78, 5) is 28.8. The van der Waals surface area contributed by atoms with Gasteiger partial charge in [-0.1, -0.05) is 48.0 Å². The number of hydrogen-bond acceptors (Lipinski definition) is 6. The van der Waals surface area contributed by atoms with E-state index in [0.29, 0.717) is 22.9 Å². The van der Waals surface area contributed by atoms with Gasteiger partial charge in [-0.05, 0) is 79.7 Å². The first-order valence-electron chi connectivity index (χ1n) is 14.1. The molecule has 2 aliphatic rings. The third kappa shape index (κ3) is 6.15. The molecular weight excluding hydrogens is 540 g/mol. The zero-order chi connectivity index (χ0) is 28.5. The van der Waals surface area contributed by atoms with E-state index in [1.165, 1.54) is 0 Å². The highest BCUT2D eigenvalue weighted by Crippen LogP contribution is 2.34. The lowest BCUT2D eigenvalue weighted by Gasteiger charge is -2.28. The maximum absolute atomic E-state index is 13.3. The number of aliphatic hydroxyl groups is 1. The van der Waals surface area contributed by atoms with Crippen molar-refractivity contribution in [1.29, 1.82) is 0 Å². The van der Waals surface area contributed by atoms with Gasteiger partial charge in [0.25, 0.3) is 5.91 Å².